The Morgan fingerprint density at radius 2 is 1.08 bits per heavy atom. The van der Waals surface area contributed by atoms with Crippen LogP contribution in [0.2, 0.25) is 0 Å². The summed E-state index contributed by atoms with van der Waals surface area (Å²) in [5.41, 5.74) is 5.63. The van der Waals surface area contributed by atoms with Gasteiger partial charge < -0.3 is 51.0 Å². The Kier molecular flexibility index (Phi) is 23.1. The Morgan fingerprint density at radius 3 is 1.50 bits per heavy atom. The Labute approximate surface area is 293 Å². The zero-order chi connectivity index (χ0) is 38.6. The molecule has 0 aliphatic heterocycles. The van der Waals surface area contributed by atoms with Crippen molar-refractivity contribution in [1.82, 2.24) is 0 Å². The van der Waals surface area contributed by atoms with E-state index >= 15 is 0 Å². The van der Waals surface area contributed by atoms with Gasteiger partial charge >= 0.3 is 35.8 Å². The minimum absolute atomic E-state index is 0.0270. The van der Waals surface area contributed by atoms with Crippen molar-refractivity contribution in [2.75, 3.05) is 0 Å². The number of carboxylic acid groups (broad SMARTS) is 4. The van der Waals surface area contributed by atoms with Crippen LogP contribution in [0, 0.1) is 23.7 Å². The molecule has 0 aromatic carbocycles. The Balaban J connectivity index is 5.98. The molecule has 0 bridgehead atoms. The van der Waals surface area contributed by atoms with E-state index in [0.717, 1.165) is 6.42 Å². The number of aliphatic carboxylic acids is 4. The first-order chi connectivity index (χ1) is 23.3. The molecule has 0 unspecified atom stereocenters. The number of carbonyl (C=O) groups excluding carboxylic acids is 2. The summed E-state index contributed by atoms with van der Waals surface area (Å²) < 4.78 is 11.4. The van der Waals surface area contributed by atoms with Gasteiger partial charge in [0.15, 0.2) is 0 Å². The lowest BCUT2D eigenvalue weighted by Crippen LogP contribution is -2.42. The van der Waals surface area contributed by atoms with Gasteiger partial charge in [0, 0.05) is 12.5 Å². The molecule has 0 saturated carbocycles. The number of carbonyl (C=O) groups is 6. The molecule has 16 nitrogen and oxygen atoms in total. The summed E-state index contributed by atoms with van der Waals surface area (Å²) >= 11 is 0. The minimum Gasteiger partial charge on any atom is -0.481 e. The molecule has 290 valence electrons. The molecule has 10 atom stereocenters. The second-order valence-electron chi connectivity index (χ2n) is 13.6. The summed E-state index contributed by atoms with van der Waals surface area (Å²) in [6.45, 7) is 7.06. The summed E-state index contributed by atoms with van der Waals surface area (Å²) in [7, 11) is 0. The third kappa shape index (κ3) is 21.0. The number of esters is 2. The number of aliphatic hydroxyl groups excluding tert-OH is 3. The summed E-state index contributed by atoms with van der Waals surface area (Å²) in [6, 6.07) is -0.476. The maximum Gasteiger partial charge on any atom is 0.307 e. The van der Waals surface area contributed by atoms with Crippen molar-refractivity contribution in [3.8, 4) is 0 Å². The SMILES string of the molecule is CCCC[C@H](C)[C@H](OC(=O)C[C@@H](CC(=O)O)C(=O)O)[C@@H](C[C@@H](C)C[C@H](O)CCCC[C@H](O)C[C@H](O)[C@@H](C)N)OC(=O)C[C@@H](CC(=O)O)C(=O)O. The highest BCUT2D eigenvalue weighted by atomic mass is 16.6. The second kappa shape index (κ2) is 24.7. The van der Waals surface area contributed by atoms with E-state index < -0.39 is 116 Å². The van der Waals surface area contributed by atoms with Crippen LogP contribution in [0.15, 0.2) is 0 Å². The highest BCUT2D eigenvalue weighted by Crippen LogP contribution is 2.29. The standard InChI is InChI=1S/C34H59NO15/c1-5-6-9-20(3)32(50-31(44)17-23(34(47)48)15-29(41)42)27(49-30(43)16-22(33(45)46)14-28(39)40)13-19(2)12-24(36)10-7-8-11-25(37)18-26(38)21(4)35/h19-27,32,36-38H,5-18,35H2,1-4H3,(H,39,40)(H,41,42)(H,45,46)(H,47,48)/t19-,20-,21+,22+,23+,24+,25-,26-,27+,32-/m0/s1. The number of carboxylic acids is 4. The minimum atomic E-state index is -1.59. The van der Waals surface area contributed by atoms with Gasteiger partial charge in [-0.25, -0.2) is 0 Å². The van der Waals surface area contributed by atoms with E-state index in [1.165, 1.54) is 0 Å². The van der Waals surface area contributed by atoms with E-state index in [-0.39, 0.29) is 25.2 Å². The average Bonchev–Trinajstić information content (AvgIpc) is 2.99. The number of nitrogens with two attached hydrogens (primary N) is 1. The van der Waals surface area contributed by atoms with Crippen LogP contribution in [-0.2, 0) is 38.2 Å². The van der Waals surface area contributed by atoms with Crippen LogP contribution in [0.4, 0.5) is 0 Å². The van der Waals surface area contributed by atoms with Crippen molar-refractivity contribution in [3.63, 3.8) is 0 Å². The maximum atomic E-state index is 13.0. The highest BCUT2D eigenvalue weighted by molar-refractivity contribution is 5.83. The van der Waals surface area contributed by atoms with Crippen molar-refractivity contribution < 1.29 is 74.0 Å². The first-order valence-corrected chi connectivity index (χ1v) is 17.3. The van der Waals surface area contributed by atoms with Crippen LogP contribution in [0.25, 0.3) is 0 Å². The number of rotatable bonds is 29. The molecule has 16 heteroatoms. The lowest BCUT2D eigenvalue weighted by Gasteiger charge is -2.33. The monoisotopic (exact) mass is 721 g/mol. The molecule has 9 N–H and O–H groups in total. The van der Waals surface area contributed by atoms with Crippen LogP contribution < -0.4 is 5.73 Å². The van der Waals surface area contributed by atoms with Gasteiger partial charge in [-0.2, -0.15) is 0 Å². The van der Waals surface area contributed by atoms with Gasteiger partial charge in [0.2, 0.25) is 0 Å². The second-order valence-corrected chi connectivity index (χ2v) is 13.6. The van der Waals surface area contributed by atoms with Crippen molar-refractivity contribution in [2.24, 2.45) is 29.4 Å². The van der Waals surface area contributed by atoms with Gasteiger partial charge in [-0.15, -0.1) is 0 Å². The summed E-state index contributed by atoms with van der Waals surface area (Å²) in [6.07, 6.45) is -3.74. The lowest BCUT2D eigenvalue weighted by atomic mass is 9.87. The fourth-order valence-corrected chi connectivity index (χ4v) is 5.68. The van der Waals surface area contributed by atoms with Crippen LogP contribution >= 0.6 is 0 Å². The van der Waals surface area contributed by atoms with Crippen molar-refractivity contribution in [2.45, 2.75) is 154 Å². The number of hydrogen-bond donors (Lipinski definition) is 8. The lowest BCUT2D eigenvalue weighted by molar-refractivity contribution is -0.177. The van der Waals surface area contributed by atoms with E-state index in [1.54, 1.807) is 20.8 Å². The van der Waals surface area contributed by atoms with Gasteiger partial charge in [0.05, 0.1) is 55.8 Å². The number of hydrogen-bond acceptors (Lipinski definition) is 12. The van der Waals surface area contributed by atoms with Gasteiger partial charge in [-0.05, 0) is 50.9 Å². The number of unbranched alkanes of at least 4 members (excludes halogenated alkanes) is 2. The zero-order valence-electron chi connectivity index (χ0n) is 29.6. The molecular weight excluding hydrogens is 662 g/mol. The van der Waals surface area contributed by atoms with Gasteiger partial charge in [0.1, 0.15) is 12.2 Å². The molecule has 0 aliphatic rings. The van der Waals surface area contributed by atoms with E-state index in [2.05, 4.69) is 0 Å². The van der Waals surface area contributed by atoms with Crippen LogP contribution in [0.3, 0.4) is 0 Å². The van der Waals surface area contributed by atoms with Crippen molar-refractivity contribution in [3.05, 3.63) is 0 Å². The molecule has 0 radical (unpaired) electrons. The van der Waals surface area contributed by atoms with E-state index in [9.17, 15) is 54.3 Å². The molecule has 0 fully saturated rings. The molecular formula is C34H59NO15. The largest absolute Gasteiger partial charge is 0.481 e. The maximum absolute atomic E-state index is 13.0. The van der Waals surface area contributed by atoms with Gasteiger partial charge in [-0.1, -0.05) is 46.5 Å². The smallest absolute Gasteiger partial charge is 0.307 e. The van der Waals surface area contributed by atoms with E-state index in [4.69, 9.17) is 25.4 Å². The van der Waals surface area contributed by atoms with Crippen LogP contribution in [0.1, 0.15) is 118 Å². The third-order valence-electron chi connectivity index (χ3n) is 8.61. The molecule has 0 amide bonds. The summed E-state index contributed by atoms with van der Waals surface area (Å²) in [4.78, 5) is 71.6. The predicted molar refractivity (Wildman–Crippen MR) is 178 cm³/mol. The summed E-state index contributed by atoms with van der Waals surface area (Å²) in [5, 5.41) is 67.8. The third-order valence-corrected chi connectivity index (χ3v) is 8.61. The Morgan fingerprint density at radius 1 is 0.620 bits per heavy atom. The van der Waals surface area contributed by atoms with Crippen molar-refractivity contribution in [1.29, 1.82) is 0 Å². The normalized spacial score (nSPS) is 17.5. The van der Waals surface area contributed by atoms with Crippen molar-refractivity contribution >= 4 is 35.8 Å². The average molecular weight is 722 g/mol. The Bertz CT molecular complexity index is 1070. The fraction of sp³-hybridized carbons (Fsp3) is 0.824. The first kappa shape index (κ1) is 46.7. The van der Waals surface area contributed by atoms with E-state index in [0.29, 0.717) is 38.5 Å². The molecule has 0 aromatic rings. The number of ether oxygens (including phenoxy) is 2. The molecule has 0 aliphatic carbocycles. The zero-order valence-corrected chi connectivity index (χ0v) is 29.6. The first-order valence-electron chi connectivity index (χ1n) is 17.3. The quantitative estimate of drug-likeness (QED) is 0.0407. The fourth-order valence-electron chi connectivity index (χ4n) is 5.68. The van der Waals surface area contributed by atoms with E-state index in [1.807, 2.05) is 6.92 Å². The molecule has 0 aromatic heterocycles. The molecule has 0 rings (SSSR count). The van der Waals surface area contributed by atoms with Crippen LogP contribution in [-0.4, -0.2) is 108 Å². The molecule has 0 heterocycles. The number of aliphatic hydroxyl groups is 3. The highest BCUT2D eigenvalue weighted by Gasteiger charge is 2.37. The molecule has 0 saturated heterocycles. The predicted octanol–water partition coefficient (Wildman–Crippen LogP) is 2.56. The summed E-state index contributed by atoms with van der Waals surface area (Å²) in [5.74, 6) is -12.0. The Hall–Kier alpha value is -3.34. The van der Waals surface area contributed by atoms with Crippen LogP contribution in [0.5, 0.6) is 0 Å². The molecule has 50 heavy (non-hydrogen) atoms. The molecule has 0 spiro atoms. The van der Waals surface area contributed by atoms with Gasteiger partial charge in [-0.3, -0.25) is 28.8 Å². The topological polar surface area (TPSA) is 289 Å². The van der Waals surface area contributed by atoms with Gasteiger partial charge in [0.25, 0.3) is 0 Å².